The topological polar surface area (TPSA) is 61.8 Å². The standard InChI is InChI=1S/C14H24N2O3/c17-12-7-13(15-8-12)14(18)16-4-1-11(9-16)10-2-5-19-6-3-10/h10-13,15,17H,1-9H2/t11?,12-,13-/m1/s1. The number of aliphatic hydroxyl groups is 1. The number of hydrogen-bond donors (Lipinski definition) is 2. The number of nitrogens with one attached hydrogen (secondary N) is 1. The van der Waals surface area contributed by atoms with E-state index in [0.29, 0.717) is 18.9 Å². The molecule has 3 fully saturated rings. The van der Waals surface area contributed by atoms with Gasteiger partial charge in [-0.25, -0.2) is 0 Å². The van der Waals surface area contributed by atoms with Gasteiger partial charge in [0, 0.05) is 32.8 Å². The summed E-state index contributed by atoms with van der Waals surface area (Å²) in [6.45, 7) is 4.09. The summed E-state index contributed by atoms with van der Waals surface area (Å²) < 4.78 is 5.41. The molecule has 0 aromatic carbocycles. The van der Waals surface area contributed by atoms with Crippen molar-refractivity contribution in [2.24, 2.45) is 11.8 Å². The van der Waals surface area contributed by atoms with Crippen molar-refractivity contribution in [3.8, 4) is 0 Å². The van der Waals surface area contributed by atoms with Crippen LogP contribution in [0.5, 0.6) is 0 Å². The summed E-state index contributed by atoms with van der Waals surface area (Å²) >= 11 is 0. The fourth-order valence-corrected chi connectivity index (χ4v) is 3.69. The number of hydrogen-bond acceptors (Lipinski definition) is 4. The Morgan fingerprint density at radius 2 is 2.00 bits per heavy atom. The van der Waals surface area contributed by atoms with Crippen LogP contribution in [0.25, 0.3) is 0 Å². The van der Waals surface area contributed by atoms with Crippen molar-refractivity contribution in [2.75, 3.05) is 32.8 Å². The lowest BCUT2D eigenvalue weighted by Gasteiger charge is -2.28. The molecular weight excluding hydrogens is 244 g/mol. The van der Waals surface area contributed by atoms with Gasteiger partial charge in [-0.2, -0.15) is 0 Å². The third-order valence-electron chi connectivity index (χ3n) is 4.87. The lowest BCUT2D eigenvalue weighted by molar-refractivity contribution is -0.132. The second-order valence-electron chi connectivity index (χ2n) is 6.13. The van der Waals surface area contributed by atoms with Crippen molar-refractivity contribution in [3.63, 3.8) is 0 Å². The number of likely N-dealkylation sites (tertiary alicyclic amines) is 1. The van der Waals surface area contributed by atoms with Crippen LogP contribution in [-0.4, -0.2) is 60.9 Å². The highest BCUT2D eigenvalue weighted by Crippen LogP contribution is 2.31. The van der Waals surface area contributed by atoms with Crippen molar-refractivity contribution in [2.45, 2.75) is 37.8 Å². The van der Waals surface area contributed by atoms with Crippen LogP contribution >= 0.6 is 0 Å². The second kappa shape index (κ2) is 5.77. The first-order valence-corrected chi connectivity index (χ1v) is 7.52. The number of carbonyl (C=O) groups is 1. The van der Waals surface area contributed by atoms with Gasteiger partial charge in [-0.15, -0.1) is 0 Å². The van der Waals surface area contributed by atoms with Crippen LogP contribution in [0.15, 0.2) is 0 Å². The van der Waals surface area contributed by atoms with Gasteiger partial charge in [0.25, 0.3) is 0 Å². The minimum Gasteiger partial charge on any atom is -0.392 e. The summed E-state index contributed by atoms with van der Waals surface area (Å²) in [5, 5.41) is 12.6. The fraction of sp³-hybridized carbons (Fsp3) is 0.929. The van der Waals surface area contributed by atoms with Gasteiger partial charge in [0.2, 0.25) is 5.91 Å². The van der Waals surface area contributed by atoms with E-state index in [1.807, 2.05) is 4.90 Å². The molecule has 3 aliphatic heterocycles. The molecule has 0 radical (unpaired) electrons. The van der Waals surface area contributed by atoms with Crippen LogP contribution in [-0.2, 0) is 9.53 Å². The average molecular weight is 268 g/mol. The normalized spacial score (nSPS) is 36.9. The highest BCUT2D eigenvalue weighted by Gasteiger charge is 2.37. The Labute approximate surface area is 114 Å². The van der Waals surface area contributed by atoms with E-state index >= 15 is 0 Å². The summed E-state index contributed by atoms with van der Waals surface area (Å²) in [5.74, 6) is 1.57. The number of nitrogens with zero attached hydrogens (tertiary/aromatic N) is 1. The number of ether oxygens (including phenoxy) is 1. The number of aliphatic hydroxyl groups excluding tert-OH is 1. The van der Waals surface area contributed by atoms with Gasteiger partial charge in [0.05, 0.1) is 12.1 Å². The molecule has 0 aliphatic carbocycles. The molecular formula is C14H24N2O3. The van der Waals surface area contributed by atoms with Gasteiger partial charge in [0.15, 0.2) is 0 Å². The van der Waals surface area contributed by atoms with E-state index in [1.54, 1.807) is 0 Å². The highest BCUT2D eigenvalue weighted by molar-refractivity contribution is 5.82. The molecule has 19 heavy (non-hydrogen) atoms. The Balaban J connectivity index is 1.52. The number of carbonyl (C=O) groups excluding carboxylic acids is 1. The molecule has 1 unspecified atom stereocenters. The molecule has 2 N–H and O–H groups in total. The summed E-state index contributed by atoms with van der Waals surface area (Å²) in [6, 6.07) is -0.163. The Kier molecular flexibility index (Phi) is 4.05. The zero-order chi connectivity index (χ0) is 13.2. The molecule has 3 aliphatic rings. The molecule has 0 bridgehead atoms. The van der Waals surface area contributed by atoms with E-state index in [1.165, 1.54) is 0 Å². The summed E-state index contributed by atoms with van der Waals surface area (Å²) in [7, 11) is 0. The lowest BCUT2D eigenvalue weighted by atomic mass is 9.85. The van der Waals surface area contributed by atoms with E-state index in [9.17, 15) is 9.90 Å². The maximum absolute atomic E-state index is 12.3. The Morgan fingerprint density at radius 3 is 2.68 bits per heavy atom. The molecule has 3 rings (SSSR count). The molecule has 1 amide bonds. The maximum Gasteiger partial charge on any atom is 0.239 e. The summed E-state index contributed by atoms with van der Waals surface area (Å²) in [5.41, 5.74) is 0. The number of β-amino-alcohol motifs (C(OH)–C–C–N with tert-alkyl or cyclic N) is 1. The van der Waals surface area contributed by atoms with Crippen molar-refractivity contribution in [3.05, 3.63) is 0 Å². The molecule has 3 atom stereocenters. The van der Waals surface area contributed by atoms with Gasteiger partial charge >= 0.3 is 0 Å². The molecule has 0 spiro atoms. The Hall–Kier alpha value is -0.650. The SMILES string of the molecule is O=C([C@H]1C[C@@H](O)CN1)N1CCC(C2CCOCC2)C1. The predicted molar refractivity (Wildman–Crippen MR) is 70.6 cm³/mol. The van der Waals surface area contributed by atoms with E-state index < -0.39 is 0 Å². The summed E-state index contributed by atoms with van der Waals surface area (Å²) in [4.78, 5) is 14.3. The molecule has 5 heteroatoms. The third-order valence-corrected chi connectivity index (χ3v) is 4.87. The van der Waals surface area contributed by atoms with Crippen LogP contribution in [0, 0.1) is 11.8 Å². The molecule has 5 nitrogen and oxygen atoms in total. The molecule has 108 valence electrons. The first kappa shape index (κ1) is 13.3. The lowest BCUT2D eigenvalue weighted by Crippen LogP contribution is -2.42. The minimum absolute atomic E-state index is 0.163. The van der Waals surface area contributed by atoms with E-state index in [-0.39, 0.29) is 18.1 Å². The van der Waals surface area contributed by atoms with Gasteiger partial charge in [0.1, 0.15) is 0 Å². The van der Waals surface area contributed by atoms with Crippen molar-refractivity contribution >= 4 is 5.91 Å². The number of rotatable bonds is 2. The zero-order valence-corrected chi connectivity index (χ0v) is 11.4. The fourth-order valence-electron chi connectivity index (χ4n) is 3.69. The second-order valence-corrected chi connectivity index (χ2v) is 6.13. The Bertz CT molecular complexity index is 331. The van der Waals surface area contributed by atoms with Gasteiger partial charge in [-0.05, 0) is 37.5 Å². The van der Waals surface area contributed by atoms with Crippen LogP contribution in [0.1, 0.15) is 25.7 Å². The van der Waals surface area contributed by atoms with Crippen LogP contribution < -0.4 is 5.32 Å². The van der Waals surface area contributed by atoms with E-state index in [0.717, 1.165) is 51.5 Å². The minimum atomic E-state index is -0.358. The largest absolute Gasteiger partial charge is 0.392 e. The van der Waals surface area contributed by atoms with Gasteiger partial charge < -0.3 is 20.1 Å². The van der Waals surface area contributed by atoms with Gasteiger partial charge in [-0.3, -0.25) is 4.79 Å². The number of amides is 1. The summed E-state index contributed by atoms with van der Waals surface area (Å²) in [6.07, 6.45) is 3.63. The van der Waals surface area contributed by atoms with Crippen LogP contribution in [0.2, 0.25) is 0 Å². The molecule has 0 aromatic heterocycles. The predicted octanol–water partition coefficient (Wildman–Crippen LogP) is -0.0157. The maximum atomic E-state index is 12.3. The van der Waals surface area contributed by atoms with Crippen molar-refractivity contribution in [1.29, 1.82) is 0 Å². The first-order valence-electron chi connectivity index (χ1n) is 7.52. The molecule has 0 aromatic rings. The van der Waals surface area contributed by atoms with Crippen molar-refractivity contribution < 1.29 is 14.6 Å². The van der Waals surface area contributed by atoms with Gasteiger partial charge in [-0.1, -0.05) is 0 Å². The smallest absolute Gasteiger partial charge is 0.239 e. The van der Waals surface area contributed by atoms with E-state index in [4.69, 9.17) is 4.74 Å². The van der Waals surface area contributed by atoms with E-state index in [2.05, 4.69) is 5.32 Å². The Morgan fingerprint density at radius 1 is 1.21 bits per heavy atom. The van der Waals surface area contributed by atoms with Crippen molar-refractivity contribution in [1.82, 2.24) is 10.2 Å². The molecule has 3 saturated heterocycles. The van der Waals surface area contributed by atoms with Crippen LogP contribution in [0.4, 0.5) is 0 Å². The third kappa shape index (κ3) is 2.93. The molecule has 3 heterocycles. The highest BCUT2D eigenvalue weighted by atomic mass is 16.5. The van der Waals surface area contributed by atoms with Crippen LogP contribution in [0.3, 0.4) is 0 Å². The average Bonchev–Trinajstić information content (AvgIpc) is 3.08. The quantitative estimate of drug-likeness (QED) is 0.739. The zero-order valence-electron chi connectivity index (χ0n) is 11.4. The molecule has 0 saturated carbocycles. The monoisotopic (exact) mass is 268 g/mol. The first-order chi connectivity index (χ1) is 9.24.